The number of hydrogen-bond donors (Lipinski definition) is 1. The molecule has 0 radical (unpaired) electrons. The predicted molar refractivity (Wildman–Crippen MR) is 164 cm³/mol. The Morgan fingerprint density at radius 1 is 1.12 bits per heavy atom. The molecule has 0 bridgehead atoms. The van der Waals surface area contributed by atoms with Crippen LogP contribution in [0, 0.1) is 18.7 Å². The summed E-state index contributed by atoms with van der Waals surface area (Å²) < 4.78 is 12.2. The van der Waals surface area contributed by atoms with Crippen LogP contribution in [-0.2, 0) is 9.59 Å². The molecule has 2 aromatic rings. The molecule has 5 nitrogen and oxygen atoms in total. The van der Waals surface area contributed by atoms with Crippen LogP contribution < -0.4 is 5.32 Å². The van der Waals surface area contributed by atoms with Gasteiger partial charge in [-0.2, -0.15) is 0 Å². The second-order valence-corrected chi connectivity index (χ2v) is 12.6. The van der Waals surface area contributed by atoms with Gasteiger partial charge in [-0.25, -0.2) is 4.39 Å². The second-order valence-electron chi connectivity index (χ2n) is 12.1. The van der Waals surface area contributed by atoms with Crippen LogP contribution in [0.1, 0.15) is 95.9 Å². The van der Waals surface area contributed by atoms with Crippen molar-refractivity contribution in [3.63, 3.8) is 0 Å². The van der Waals surface area contributed by atoms with Crippen LogP contribution in [0.4, 0.5) is 4.39 Å². The topological polar surface area (TPSA) is 52.7 Å². The first-order valence-electron chi connectivity index (χ1n) is 14.6. The normalized spacial score (nSPS) is 18.6. The minimum Gasteiger partial charge on any atom is -0.350 e. The zero-order valence-electron chi connectivity index (χ0n) is 25.5. The number of halogens is 2. The van der Waals surface area contributed by atoms with Crippen LogP contribution in [0.3, 0.4) is 0 Å². The second kappa shape index (κ2) is 16.1. The molecule has 4 rings (SSSR count). The van der Waals surface area contributed by atoms with Gasteiger partial charge >= 0.3 is 0 Å². The van der Waals surface area contributed by atoms with E-state index in [1.807, 2.05) is 43.9 Å². The summed E-state index contributed by atoms with van der Waals surface area (Å²) in [4.78, 5) is 26.9. The van der Waals surface area contributed by atoms with Gasteiger partial charge < -0.3 is 10.2 Å². The van der Waals surface area contributed by atoms with Gasteiger partial charge in [-0.1, -0.05) is 43.6 Å². The van der Waals surface area contributed by atoms with Crippen molar-refractivity contribution in [2.75, 3.05) is 26.2 Å². The Labute approximate surface area is 246 Å². The molecule has 222 valence electrons. The smallest absolute Gasteiger partial charge is 0.220 e. The maximum absolute atomic E-state index is 12.2. The molecular formula is C33H49ClFN3O2. The molecule has 2 unspecified atom stereocenters. The number of piperidine rings is 1. The van der Waals surface area contributed by atoms with Crippen LogP contribution in [-0.4, -0.2) is 53.8 Å². The summed E-state index contributed by atoms with van der Waals surface area (Å²) in [6, 6.07) is 12.4. The van der Waals surface area contributed by atoms with Crippen LogP contribution in [0.5, 0.6) is 0 Å². The van der Waals surface area contributed by atoms with Crippen molar-refractivity contribution < 1.29 is 14.0 Å². The lowest BCUT2D eigenvalue weighted by Gasteiger charge is -2.31. The van der Waals surface area contributed by atoms with Gasteiger partial charge in [0.2, 0.25) is 12.3 Å². The number of nitrogens with zero attached hydrogens (tertiary/aromatic N) is 2. The van der Waals surface area contributed by atoms with Gasteiger partial charge in [-0.05, 0) is 113 Å². The Morgan fingerprint density at radius 2 is 1.80 bits per heavy atom. The maximum Gasteiger partial charge on any atom is 0.220 e. The highest BCUT2D eigenvalue weighted by molar-refractivity contribution is 6.30. The Balaban J connectivity index is 0.000000254. The first-order chi connectivity index (χ1) is 18.8. The van der Waals surface area contributed by atoms with Crippen molar-refractivity contribution in [2.24, 2.45) is 5.92 Å². The molecule has 1 N–H and O–H groups in total. The third-order valence-electron chi connectivity index (χ3n) is 7.69. The predicted octanol–water partition coefficient (Wildman–Crippen LogP) is 7.52. The van der Waals surface area contributed by atoms with Crippen molar-refractivity contribution in [1.82, 2.24) is 15.1 Å². The first-order valence-corrected chi connectivity index (χ1v) is 15.0. The number of benzene rings is 2. The van der Waals surface area contributed by atoms with Crippen LogP contribution >= 0.6 is 11.6 Å². The fourth-order valence-corrected chi connectivity index (χ4v) is 5.36. The lowest BCUT2D eigenvalue weighted by molar-refractivity contribution is -0.121. The van der Waals surface area contributed by atoms with Gasteiger partial charge in [0.25, 0.3) is 0 Å². The van der Waals surface area contributed by atoms with E-state index in [0.717, 1.165) is 49.4 Å². The third-order valence-corrected chi connectivity index (χ3v) is 7.92. The van der Waals surface area contributed by atoms with E-state index >= 15 is 0 Å². The largest absolute Gasteiger partial charge is 0.350 e. The fourth-order valence-electron chi connectivity index (χ4n) is 5.18. The molecule has 7 heteroatoms. The summed E-state index contributed by atoms with van der Waals surface area (Å²) >= 11 is 6.15. The number of nitrogens with one attached hydrogen (secondary N) is 1. The highest BCUT2D eigenvalue weighted by Gasteiger charge is 2.27. The van der Waals surface area contributed by atoms with Gasteiger partial charge in [0.1, 0.15) is 5.82 Å². The standard InChI is InChI=1S/C17H23ClN2O2.C9H19N.C7H7F/c1-3-17(22)19-12(2)16-10-14(18)4-5-15(16)13-6-8-20(11-21)9-7-13;1-8-5-6-10(7-8)9(2,3)4;1-6-3-2-4-7(8)5-6/h4-5,10-13H,3,6-9H2,1-2H3,(H,19,22);8H,5-7H2,1-4H3;2-5H,1H3. The first kappa shape index (κ1) is 33.8. The van der Waals surface area contributed by atoms with Crippen molar-refractivity contribution in [2.45, 2.75) is 91.6 Å². The lowest BCUT2D eigenvalue weighted by atomic mass is 9.85. The summed E-state index contributed by atoms with van der Waals surface area (Å²) in [5.41, 5.74) is 3.67. The van der Waals surface area contributed by atoms with Crippen LogP contribution in [0.2, 0.25) is 5.02 Å². The van der Waals surface area contributed by atoms with E-state index in [-0.39, 0.29) is 17.8 Å². The molecule has 0 aliphatic carbocycles. The SMILES string of the molecule is CC1CCN(C(C)(C)C)C1.CCC(=O)NC(C)c1cc(Cl)ccc1C1CCN(C=O)CC1.Cc1cccc(F)c1. The molecule has 0 saturated carbocycles. The molecule has 2 fully saturated rings. The van der Waals surface area contributed by atoms with Gasteiger partial charge in [-0.15, -0.1) is 0 Å². The van der Waals surface area contributed by atoms with Gasteiger partial charge in [0.05, 0.1) is 6.04 Å². The van der Waals surface area contributed by atoms with Crippen LogP contribution in [0.15, 0.2) is 42.5 Å². The molecule has 0 spiro atoms. The van der Waals surface area contributed by atoms with E-state index in [9.17, 15) is 14.0 Å². The lowest BCUT2D eigenvalue weighted by Crippen LogP contribution is -2.39. The van der Waals surface area contributed by atoms with E-state index in [2.05, 4.69) is 44.0 Å². The fraction of sp³-hybridized carbons (Fsp3) is 0.576. The Morgan fingerprint density at radius 3 is 2.25 bits per heavy atom. The summed E-state index contributed by atoms with van der Waals surface area (Å²) in [6.07, 6.45) is 4.67. The summed E-state index contributed by atoms with van der Waals surface area (Å²) in [6.45, 7) is 19.1. The highest BCUT2D eigenvalue weighted by atomic mass is 35.5. The number of hydrogen-bond acceptors (Lipinski definition) is 3. The monoisotopic (exact) mass is 573 g/mol. The van der Waals surface area contributed by atoms with E-state index < -0.39 is 0 Å². The van der Waals surface area contributed by atoms with Crippen molar-refractivity contribution in [1.29, 1.82) is 0 Å². The molecule has 2 aliphatic heterocycles. The number of rotatable bonds is 5. The highest BCUT2D eigenvalue weighted by Crippen LogP contribution is 2.34. The van der Waals surface area contributed by atoms with E-state index in [1.54, 1.807) is 6.07 Å². The number of amides is 2. The number of carbonyl (C=O) groups is 2. The maximum atomic E-state index is 12.2. The van der Waals surface area contributed by atoms with E-state index in [4.69, 9.17) is 11.6 Å². The summed E-state index contributed by atoms with van der Waals surface area (Å²) in [7, 11) is 0. The molecule has 40 heavy (non-hydrogen) atoms. The molecule has 2 atom stereocenters. The molecule has 2 aliphatic rings. The molecular weight excluding hydrogens is 525 g/mol. The van der Waals surface area contributed by atoms with Gasteiger partial charge in [-0.3, -0.25) is 14.5 Å². The third kappa shape index (κ3) is 11.2. The molecule has 2 heterocycles. The van der Waals surface area contributed by atoms with Crippen molar-refractivity contribution in [3.05, 3.63) is 70.0 Å². The van der Waals surface area contributed by atoms with Gasteiger partial charge in [0.15, 0.2) is 0 Å². The Hall–Kier alpha value is -2.44. The average Bonchev–Trinajstić information content (AvgIpc) is 3.36. The van der Waals surface area contributed by atoms with Crippen molar-refractivity contribution in [3.8, 4) is 0 Å². The minimum atomic E-state index is -0.162. The zero-order chi connectivity index (χ0) is 29.9. The van der Waals surface area contributed by atoms with E-state index in [1.165, 1.54) is 37.2 Å². The summed E-state index contributed by atoms with van der Waals surface area (Å²) in [5, 5.41) is 3.69. The van der Waals surface area contributed by atoms with E-state index in [0.29, 0.717) is 22.9 Å². The number of carbonyl (C=O) groups excluding carboxylic acids is 2. The Bertz CT molecular complexity index is 1060. The molecule has 2 amide bonds. The van der Waals surface area contributed by atoms with Crippen molar-refractivity contribution >= 4 is 23.9 Å². The Kier molecular flexibility index (Phi) is 13.6. The zero-order valence-corrected chi connectivity index (χ0v) is 26.2. The molecule has 2 saturated heterocycles. The number of aryl methyl sites for hydroxylation is 1. The molecule has 2 aromatic carbocycles. The summed E-state index contributed by atoms with van der Waals surface area (Å²) in [5.74, 6) is 1.20. The van der Waals surface area contributed by atoms with Gasteiger partial charge in [0, 0.05) is 36.6 Å². The van der Waals surface area contributed by atoms with Crippen LogP contribution in [0.25, 0.3) is 0 Å². The minimum absolute atomic E-state index is 0.0363. The average molecular weight is 574 g/mol. The number of likely N-dealkylation sites (tertiary alicyclic amines) is 2. The molecule has 0 aromatic heterocycles. The quantitative estimate of drug-likeness (QED) is 0.376.